The SMILES string of the molecule is CC.CC(=O)N1[C@H](C)CC[C@H]1C. The van der Waals surface area contributed by atoms with Gasteiger partial charge in [0.2, 0.25) is 5.91 Å². The van der Waals surface area contributed by atoms with Crippen LogP contribution in [0.2, 0.25) is 0 Å². The molecule has 1 aliphatic heterocycles. The summed E-state index contributed by atoms with van der Waals surface area (Å²) in [5, 5.41) is 0. The van der Waals surface area contributed by atoms with Crippen molar-refractivity contribution >= 4 is 5.91 Å². The smallest absolute Gasteiger partial charge is 0.219 e. The zero-order valence-corrected chi connectivity index (χ0v) is 8.92. The fraction of sp³-hybridized carbons (Fsp3) is 0.900. The van der Waals surface area contributed by atoms with Gasteiger partial charge in [-0.3, -0.25) is 4.79 Å². The van der Waals surface area contributed by atoms with E-state index in [9.17, 15) is 4.79 Å². The van der Waals surface area contributed by atoms with Gasteiger partial charge in [0.1, 0.15) is 0 Å². The highest BCUT2D eigenvalue weighted by molar-refractivity contribution is 5.74. The number of hydrogen-bond donors (Lipinski definition) is 0. The molecule has 0 aromatic rings. The van der Waals surface area contributed by atoms with Crippen LogP contribution in [-0.4, -0.2) is 22.9 Å². The van der Waals surface area contributed by atoms with E-state index in [0.29, 0.717) is 12.1 Å². The fourth-order valence-corrected chi connectivity index (χ4v) is 1.82. The summed E-state index contributed by atoms with van der Waals surface area (Å²) in [5.41, 5.74) is 0. The number of likely N-dealkylation sites (tertiary alicyclic amines) is 1. The van der Waals surface area contributed by atoms with Crippen molar-refractivity contribution in [2.45, 2.75) is 59.5 Å². The predicted octanol–water partition coefficient (Wildman–Crippen LogP) is 2.43. The highest BCUT2D eigenvalue weighted by Gasteiger charge is 2.28. The molecule has 0 spiro atoms. The van der Waals surface area contributed by atoms with Gasteiger partial charge in [-0.05, 0) is 26.7 Å². The average Bonchev–Trinajstić information content (AvgIpc) is 2.35. The molecule has 1 saturated heterocycles. The lowest BCUT2D eigenvalue weighted by atomic mass is 10.2. The van der Waals surface area contributed by atoms with Crippen LogP contribution in [0.25, 0.3) is 0 Å². The Kier molecular flexibility index (Phi) is 4.95. The van der Waals surface area contributed by atoms with Crippen LogP contribution in [0.5, 0.6) is 0 Å². The minimum Gasteiger partial charge on any atom is -0.338 e. The number of amides is 1. The van der Waals surface area contributed by atoms with Crippen molar-refractivity contribution in [3.8, 4) is 0 Å². The highest BCUT2D eigenvalue weighted by Crippen LogP contribution is 2.22. The summed E-state index contributed by atoms with van der Waals surface area (Å²) >= 11 is 0. The molecule has 2 heteroatoms. The van der Waals surface area contributed by atoms with Crippen LogP contribution in [0, 0.1) is 0 Å². The molecule has 1 aliphatic rings. The summed E-state index contributed by atoms with van der Waals surface area (Å²) in [6.45, 7) is 9.88. The summed E-state index contributed by atoms with van der Waals surface area (Å²) in [5.74, 6) is 0.220. The van der Waals surface area contributed by atoms with E-state index in [-0.39, 0.29) is 5.91 Å². The van der Waals surface area contributed by atoms with Gasteiger partial charge in [-0.1, -0.05) is 13.8 Å². The van der Waals surface area contributed by atoms with Gasteiger partial charge in [-0.25, -0.2) is 0 Å². The van der Waals surface area contributed by atoms with Crippen molar-refractivity contribution in [1.82, 2.24) is 4.90 Å². The van der Waals surface area contributed by atoms with E-state index in [1.54, 1.807) is 6.92 Å². The standard InChI is InChI=1S/C8H15NO.C2H6/c1-6-4-5-7(2)9(6)8(3)10;1-2/h6-7H,4-5H2,1-3H3;1-2H3/t6-,7-;/m1./s1. The lowest BCUT2D eigenvalue weighted by Gasteiger charge is -2.24. The van der Waals surface area contributed by atoms with E-state index in [2.05, 4.69) is 13.8 Å². The van der Waals surface area contributed by atoms with Gasteiger partial charge >= 0.3 is 0 Å². The molecule has 0 bridgehead atoms. The lowest BCUT2D eigenvalue weighted by Crippen LogP contribution is -2.36. The number of carbonyl (C=O) groups is 1. The lowest BCUT2D eigenvalue weighted by molar-refractivity contribution is -0.131. The molecule has 0 N–H and O–H groups in total. The monoisotopic (exact) mass is 171 g/mol. The van der Waals surface area contributed by atoms with Gasteiger partial charge in [0, 0.05) is 19.0 Å². The van der Waals surface area contributed by atoms with Gasteiger partial charge in [-0.2, -0.15) is 0 Å². The second kappa shape index (κ2) is 5.18. The molecular weight excluding hydrogens is 150 g/mol. The number of carbonyl (C=O) groups excluding carboxylic acids is 1. The number of hydrogen-bond acceptors (Lipinski definition) is 1. The Bertz CT molecular complexity index is 135. The zero-order chi connectivity index (χ0) is 9.72. The zero-order valence-electron chi connectivity index (χ0n) is 8.92. The van der Waals surface area contributed by atoms with Crippen LogP contribution in [0.4, 0.5) is 0 Å². The average molecular weight is 171 g/mol. The first-order valence-corrected chi connectivity index (χ1v) is 4.92. The van der Waals surface area contributed by atoms with E-state index < -0.39 is 0 Å². The molecule has 72 valence electrons. The molecule has 0 aliphatic carbocycles. The fourth-order valence-electron chi connectivity index (χ4n) is 1.82. The molecule has 0 saturated carbocycles. The van der Waals surface area contributed by atoms with Gasteiger partial charge in [0.15, 0.2) is 0 Å². The van der Waals surface area contributed by atoms with Gasteiger partial charge < -0.3 is 4.90 Å². The Morgan fingerprint density at radius 1 is 1.17 bits per heavy atom. The molecule has 0 aromatic heterocycles. The van der Waals surface area contributed by atoms with E-state index in [4.69, 9.17) is 0 Å². The summed E-state index contributed by atoms with van der Waals surface area (Å²) in [6, 6.07) is 0.931. The van der Waals surface area contributed by atoms with E-state index in [0.717, 1.165) is 0 Å². The first-order chi connectivity index (χ1) is 5.63. The van der Waals surface area contributed by atoms with Crippen LogP contribution in [0.3, 0.4) is 0 Å². The van der Waals surface area contributed by atoms with Crippen molar-refractivity contribution < 1.29 is 4.79 Å². The molecule has 1 fully saturated rings. The maximum absolute atomic E-state index is 11.0. The molecule has 1 amide bonds. The largest absolute Gasteiger partial charge is 0.338 e. The highest BCUT2D eigenvalue weighted by atomic mass is 16.2. The van der Waals surface area contributed by atoms with Crippen molar-refractivity contribution in [2.75, 3.05) is 0 Å². The van der Waals surface area contributed by atoms with Crippen molar-refractivity contribution in [3.63, 3.8) is 0 Å². The third-order valence-electron chi connectivity index (χ3n) is 2.32. The third-order valence-corrected chi connectivity index (χ3v) is 2.32. The van der Waals surface area contributed by atoms with Gasteiger partial charge in [-0.15, -0.1) is 0 Å². The predicted molar refractivity (Wildman–Crippen MR) is 52.0 cm³/mol. The Morgan fingerprint density at radius 2 is 1.50 bits per heavy atom. The molecular formula is C10H21NO. The molecule has 0 unspecified atom stereocenters. The summed E-state index contributed by atoms with van der Waals surface area (Å²) < 4.78 is 0. The minimum absolute atomic E-state index is 0.220. The molecule has 0 radical (unpaired) electrons. The first kappa shape index (κ1) is 11.5. The Balaban J connectivity index is 0.000000561. The second-order valence-corrected chi connectivity index (χ2v) is 3.20. The Morgan fingerprint density at radius 3 is 1.67 bits per heavy atom. The van der Waals surface area contributed by atoms with Crippen LogP contribution in [-0.2, 0) is 4.79 Å². The second-order valence-electron chi connectivity index (χ2n) is 3.20. The number of nitrogens with zero attached hydrogens (tertiary/aromatic N) is 1. The third kappa shape index (κ3) is 2.50. The summed E-state index contributed by atoms with van der Waals surface area (Å²) in [6.07, 6.45) is 2.33. The molecule has 2 atom stereocenters. The Labute approximate surface area is 75.9 Å². The van der Waals surface area contributed by atoms with Crippen LogP contribution < -0.4 is 0 Å². The molecule has 2 nitrogen and oxygen atoms in total. The van der Waals surface area contributed by atoms with E-state index >= 15 is 0 Å². The van der Waals surface area contributed by atoms with Gasteiger partial charge in [0.05, 0.1) is 0 Å². The quantitative estimate of drug-likeness (QED) is 0.548. The molecule has 12 heavy (non-hydrogen) atoms. The summed E-state index contributed by atoms with van der Waals surface area (Å²) in [7, 11) is 0. The molecule has 0 aromatic carbocycles. The van der Waals surface area contributed by atoms with Crippen LogP contribution >= 0.6 is 0 Å². The van der Waals surface area contributed by atoms with E-state index in [1.165, 1.54) is 12.8 Å². The molecule has 1 heterocycles. The Hall–Kier alpha value is -0.530. The molecule has 1 rings (SSSR count). The summed E-state index contributed by atoms with van der Waals surface area (Å²) in [4.78, 5) is 13.0. The topological polar surface area (TPSA) is 20.3 Å². The minimum atomic E-state index is 0.220. The van der Waals surface area contributed by atoms with Crippen LogP contribution in [0.15, 0.2) is 0 Å². The van der Waals surface area contributed by atoms with Crippen molar-refractivity contribution in [2.24, 2.45) is 0 Å². The maximum atomic E-state index is 11.0. The van der Waals surface area contributed by atoms with E-state index in [1.807, 2.05) is 18.7 Å². The van der Waals surface area contributed by atoms with Crippen molar-refractivity contribution in [1.29, 1.82) is 0 Å². The maximum Gasteiger partial charge on any atom is 0.219 e. The number of rotatable bonds is 0. The van der Waals surface area contributed by atoms with Gasteiger partial charge in [0.25, 0.3) is 0 Å². The normalized spacial score (nSPS) is 27.9. The van der Waals surface area contributed by atoms with Crippen molar-refractivity contribution in [3.05, 3.63) is 0 Å². The van der Waals surface area contributed by atoms with Crippen LogP contribution in [0.1, 0.15) is 47.5 Å². The first-order valence-electron chi connectivity index (χ1n) is 4.92.